The molecule has 1 fully saturated rings. The molecule has 2 amide bonds. The third kappa shape index (κ3) is 4.86. The van der Waals surface area contributed by atoms with Gasteiger partial charge in [-0.2, -0.15) is 0 Å². The Kier molecular flexibility index (Phi) is 5.95. The lowest BCUT2D eigenvalue weighted by Crippen LogP contribution is -2.24. The van der Waals surface area contributed by atoms with Gasteiger partial charge in [0.1, 0.15) is 0 Å². The van der Waals surface area contributed by atoms with Crippen LogP contribution in [0, 0.1) is 5.92 Å². The average Bonchev–Trinajstić information content (AvgIpc) is 3.23. The molecular weight excluding hydrogens is 384 g/mol. The molecule has 2 N–H and O–H groups in total. The monoisotopic (exact) mass is 406 g/mol. The molecule has 0 bridgehead atoms. The van der Waals surface area contributed by atoms with E-state index in [1.165, 1.54) is 17.8 Å². The SMILES string of the molecule is O=C(Nc1nc(-c2cccnc2)cs1)c1cccc(NC(=O)C2CCCCC2)c1. The van der Waals surface area contributed by atoms with Crippen LogP contribution in [0.15, 0.2) is 54.2 Å². The van der Waals surface area contributed by atoms with E-state index in [-0.39, 0.29) is 17.7 Å². The second kappa shape index (κ2) is 8.96. The summed E-state index contributed by atoms with van der Waals surface area (Å²) in [5.41, 5.74) is 2.79. The largest absolute Gasteiger partial charge is 0.326 e. The summed E-state index contributed by atoms with van der Waals surface area (Å²) in [6.07, 6.45) is 8.74. The summed E-state index contributed by atoms with van der Waals surface area (Å²) in [5, 5.41) is 8.19. The zero-order valence-electron chi connectivity index (χ0n) is 15.9. The van der Waals surface area contributed by atoms with E-state index in [1.807, 2.05) is 17.5 Å². The van der Waals surface area contributed by atoms with Crippen molar-refractivity contribution in [2.75, 3.05) is 10.6 Å². The first-order chi connectivity index (χ1) is 14.2. The smallest absolute Gasteiger partial charge is 0.257 e. The minimum Gasteiger partial charge on any atom is -0.326 e. The number of rotatable bonds is 5. The van der Waals surface area contributed by atoms with Gasteiger partial charge in [-0.1, -0.05) is 25.3 Å². The van der Waals surface area contributed by atoms with E-state index in [2.05, 4.69) is 20.6 Å². The highest BCUT2D eigenvalue weighted by atomic mass is 32.1. The van der Waals surface area contributed by atoms with Gasteiger partial charge in [-0.25, -0.2) is 4.98 Å². The summed E-state index contributed by atoms with van der Waals surface area (Å²) in [4.78, 5) is 33.6. The van der Waals surface area contributed by atoms with E-state index in [0.717, 1.165) is 36.9 Å². The highest BCUT2D eigenvalue weighted by molar-refractivity contribution is 7.14. The van der Waals surface area contributed by atoms with Crippen LogP contribution < -0.4 is 10.6 Å². The van der Waals surface area contributed by atoms with E-state index < -0.39 is 0 Å². The lowest BCUT2D eigenvalue weighted by atomic mass is 9.88. The second-order valence-corrected chi connectivity index (χ2v) is 8.00. The number of aromatic nitrogens is 2. The Labute approximate surface area is 173 Å². The number of hydrogen-bond donors (Lipinski definition) is 2. The number of amides is 2. The van der Waals surface area contributed by atoms with Crippen molar-refractivity contribution in [3.05, 3.63) is 59.7 Å². The van der Waals surface area contributed by atoms with Crippen LogP contribution in [0.2, 0.25) is 0 Å². The first-order valence-corrected chi connectivity index (χ1v) is 10.7. The number of carbonyl (C=O) groups is 2. The molecule has 0 unspecified atom stereocenters. The summed E-state index contributed by atoms with van der Waals surface area (Å²) in [6, 6.07) is 10.8. The molecule has 2 aromatic heterocycles. The minimum absolute atomic E-state index is 0.0447. The zero-order valence-corrected chi connectivity index (χ0v) is 16.7. The zero-order chi connectivity index (χ0) is 20.1. The van der Waals surface area contributed by atoms with Gasteiger partial charge in [-0.15, -0.1) is 11.3 Å². The molecule has 1 aliphatic carbocycles. The molecule has 0 saturated heterocycles. The Balaban J connectivity index is 1.41. The van der Waals surface area contributed by atoms with Crippen molar-refractivity contribution in [2.45, 2.75) is 32.1 Å². The lowest BCUT2D eigenvalue weighted by Gasteiger charge is -2.20. The fourth-order valence-corrected chi connectivity index (χ4v) is 4.21. The summed E-state index contributed by atoms with van der Waals surface area (Å²) < 4.78 is 0. The van der Waals surface area contributed by atoms with Gasteiger partial charge in [0.25, 0.3) is 5.91 Å². The normalized spacial score (nSPS) is 14.3. The molecule has 0 aliphatic heterocycles. The van der Waals surface area contributed by atoms with Gasteiger partial charge in [0, 0.05) is 40.5 Å². The molecule has 0 atom stereocenters. The van der Waals surface area contributed by atoms with Crippen molar-refractivity contribution in [1.82, 2.24) is 9.97 Å². The topological polar surface area (TPSA) is 84.0 Å². The van der Waals surface area contributed by atoms with Gasteiger partial charge in [-0.3, -0.25) is 19.9 Å². The van der Waals surface area contributed by atoms with Crippen LogP contribution >= 0.6 is 11.3 Å². The summed E-state index contributed by atoms with van der Waals surface area (Å²) >= 11 is 1.36. The maximum absolute atomic E-state index is 12.6. The number of nitrogens with one attached hydrogen (secondary N) is 2. The molecule has 7 heteroatoms. The molecule has 0 radical (unpaired) electrons. The Morgan fingerprint density at radius 2 is 1.90 bits per heavy atom. The predicted octanol–water partition coefficient (Wildman–Crippen LogP) is 4.98. The van der Waals surface area contributed by atoms with Gasteiger partial charge in [0.2, 0.25) is 5.91 Å². The highest BCUT2D eigenvalue weighted by Gasteiger charge is 2.21. The van der Waals surface area contributed by atoms with Gasteiger partial charge in [-0.05, 0) is 43.2 Å². The maximum atomic E-state index is 12.6. The van der Waals surface area contributed by atoms with Crippen LogP contribution in [0.3, 0.4) is 0 Å². The fourth-order valence-electron chi connectivity index (χ4n) is 3.49. The van der Waals surface area contributed by atoms with Crippen molar-refractivity contribution in [2.24, 2.45) is 5.92 Å². The second-order valence-electron chi connectivity index (χ2n) is 7.14. The quantitative estimate of drug-likeness (QED) is 0.626. The fraction of sp³-hybridized carbons (Fsp3) is 0.273. The van der Waals surface area contributed by atoms with Gasteiger partial charge >= 0.3 is 0 Å². The first-order valence-electron chi connectivity index (χ1n) is 9.77. The number of benzene rings is 1. The molecule has 6 nitrogen and oxygen atoms in total. The molecular formula is C22H22N4O2S. The third-order valence-electron chi connectivity index (χ3n) is 5.05. The van der Waals surface area contributed by atoms with Crippen LogP contribution in [-0.2, 0) is 4.79 Å². The Hall–Kier alpha value is -3.06. The standard InChI is InChI=1S/C22H22N4O2S/c27-20(15-6-2-1-3-7-15)24-18-10-4-8-16(12-18)21(28)26-22-25-19(14-29-22)17-9-5-11-23-13-17/h4-5,8-15H,1-3,6-7H2,(H,24,27)(H,25,26,28). The van der Waals surface area contributed by atoms with E-state index in [1.54, 1.807) is 36.7 Å². The van der Waals surface area contributed by atoms with E-state index in [4.69, 9.17) is 0 Å². The van der Waals surface area contributed by atoms with Crippen molar-refractivity contribution < 1.29 is 9.59 Å². The van der Waals surface area contributed by atoms with Crippen LogP contribution in [0.5, 0.6) is 0 Å². The van der Waals surface area contributed by atoms with E-state index in [9.17, 15) is 9.59 Å². The molecule has 2 heterocycles. The van der Waals surface area contributed by atoms with Gasteiger partial charge in [0.05, 0.1) is 5.69 Å². The molecule has 1 saturated carbocycles. The molecule has 29 heavy (non-hydrogen) atoms. The minimum atomic E-state index is -0.258. The Morgan fingerprint density at radius 1 is 1.03 bits per heavy atom. The van der Waals surface area contributed by atoms with Crippen molar-refractivity contribution in [1.29, 1.82) is 0 Å². The molecule has 1 aromatic carbocycles. The van der Waals surface area contributed by atoms with Crippen LogP contribution in [0.1, 0.15) is 42.5 Å². The summed E-state index contributed by atoms with van der Waals surface area (Å²) in [7, 11) is 0. The third-order valence-corrected chi connectivity index (χ3v) is 5.81. The van der Waals surface area contributed by atoms with Crippen molar-refractivity contribution in [3.63, 3.8) is 0 Å². The molecule has 148 valence electrons. The highest BCUT2D eigenvalue weighted by Crippen LogP contribution is 2.26. The van der Waals surface area contributed by atoms with Crippen molar-refractivity contribution >= 4 is 34.0 Å². The van der Waals surface area contributed by atoms with Crippen LogP contribution in [0.25, 0.3) is 11.3 Å². The number of pyridine rings is 1. The maximum Gasteiger partial charge on any atom is 0.257 e. The molecule has 3 aromatic rings. The summed E-state index contributed by atoms with van der Waals surface area (Å²) in [6.45, 7) is 0. The lowest BCUT2D eigenvalue weighted by molar-refractivity contribution is -0.120. The number of thiazole rings is 1. The van der Waals surface area contributed by atoms with E-state index >= 15 is 0 Å². The summed E-state index contributed by atoms with van der Waals surface area (Å²) in [5.74, 6) is -0.142. The molecule has 4 rings (SSSR count). The Bertz CT molecular complexity index is 997. The van der Waals surface area contributed by atoms with Crippen LogP contribution in [-0.4, -0.2) is 21.8 Å². The Morgan fingerprint density at radius 3 is 2.69 bits per heavy atom. The van der Waals surface area contributed by atoms with E-state index in [0.29, 0.717) is 16.4 Å². The first kappa shape index (κ1) is 19.3. The number of nitrogens with zero attached hydrogens (tertiary/aromatic N) is 2. The van der Waals surface area contributed by atoms with Crippen molar-refractivity contribution in [3.8, 4) is 11.3 Å². The number of carbonyl (C=O) groups excluding carboxylic acids is 2. The predicted molar refractivity (Wildman–Crippen MR) is 115 cm³/mol. The molecule has 0 spiro atoms. The number of hydrogen-bond acceptors (Lipinski definition) is 5. The van der Waals surface area contributed by atoms with Gasteiger partial charge in [0.15, 0.2) is 5.13 Å². The van der Waals surface area contributed by atoms with Crippen LogP contribution in [0.4, 0.5) is 10.8 Å². The number of anilines is 2. The average molecular weight is 407 g/mol. The van der Waals surface area contributed by atoms with Gasteiger partial charge < -0.3 is 5.32 Å². The molecule has 1 aliphatic rings.